The molecule has 1 N–H and O–H groups in total. The highest BCUT2D eigenvalue weighted by atomic mass is 19.4. The third kappa shape index (κ3) is 3.62. The molecule has 2 aromatic rings. The van der Waals surface area contributed by atoms with Crippen molar-refractivity contribution in [3.05, 3.63) is 64.5 Å². The summed E-state index contributed by atoms with van der Waals surface area (Å²) >= 11 is 0. The van der Waals surface area contributed by atoms with Crippen molar-refractivity contribution in [2.75, 3.05) is 0 Å². The van der Waals surface area contributed by atoms with Crippen molar-refractivity contribution in [3.8, 4) is 5.75 Å². The topological polar surface area (TPSA) is 20.2 Å². The summed E-state index contributed by atoms with van der Waals surface area (Å²) in [4.78, 5) is 0. The fourth-order valence-corrected chi connectivity index (χ4v) is 1.87. The van der Waals surface area contributed by atoms with Gasteiger partial charge >= 0.3 is 6.18 Å². The number of hydrogen-bond donors (Lipinski definition) is 1. The number of halogens is 4. The lowest BCUT2D eigenvalue weighted by atomic mass is 10.1. The number of rotatable bonds is 2. The van der Waals surface area contributed by atoms with Gasteiger partial charge in [-0.25, -0.2) is 4.39 Å². The molecule has 0 amide bonds. The maximum Gasteiger partial charge on any atom is 0.416 e. The molecule has 110 valence electrons. The van der Waals surface area contributed by atoms with Crippen molar-refractivity contribution in [3.63, 3.8) is 0 Å². The summed E-state index contributed by atoms with van der Waals surface area (Å²) < 4.78 is 51.1. The maximum absolute atomic E-state index is 13.4. The number of phenols is 1. The standard InChI is InChI=1S/C16H12F4O/c1-10-7-12(9-14(17)15(10)21)6-5-11-3-2-4-13(8-11)16(18,19)20/h2-9,21H,1H3/b6-5+. The molecule has 1 nitrogen and oxygen atoms in total. The molecule has 0 aromatic heterocycles. The van der Waals surface area contributed by atoms with E-state index < -0.39 is 23.3 Å². The van der Waals surface area contributed by atoms with Crippen LogP contribution in [0, 0.1) is 12.7 Å². The lowest BCUT2D eigenvalue weighted by molar-refractivity contribution is -0.137. The largest absolute Gasteiger partial charge is 0.505 e. The molecule has 21 heavy (non-hydrogen) atoms. The van der Waals surface area contributed by atoms with Crippen molar-refractivity contribution in [1.29, 1.82) is 0 Å². The fraction of sp³-hybridized carbons (Fsp3) is 0.125. The van der Waals surface area contributed by atoms with Gasteiger partial charge in [0.2, 0.25) is 0 Å². The summed E-state index contributed by atoms with van der Waals surface area (Å²) in [5.41, 5.74) is 0.438. The van der Waals surface area contributed by atoms with Crippen LogP contribution in [0.1, 0.15) is 22.3 Å². The molecule has 0 radical (unpaired) electrons. The molecule has 0 aliphatic heterocycles. The first-order chi connectivity index (χ1) is 9.77. The highest BCUT2D eigenvalue weighted by molar-refractivity contribution is 5.70. The third-order valence-corrected chi connectivity index (χ3v) is 2.96. The van der Waals surface area contributed by atoms with Gasteiger partial charge in [0.25, 0.3) is 0 Å². The first kappa shape index (κ1) is 15.1. The van der Waals surface area contributed by atoms with Gasteiger partial charge in [0.05, 0.1) is 5.56 Å². The molecule has 0 heterocycles. The normalized spacial score (nSPS) is 12.0. The SMILES string of the molecule is Cc1cc(/C=C/c2cccc(C(F)(F)F)c2)cc(F)c1O. The molecular formula is C16H12F4O. The number of aromatic hydroxyl groups is 1. The van der Waals surface area contributed by atoms with E-state index in [4.69, 9.17) is 0 Å². The predicted octanol–water partition coefficient (Wildman–Crippen LogP) is 5.03. The van der Waals surface area contributed by atoms with Crippen LogP contribution in [0.4, 0.5) is 17.6 Å². The molecule has 0 unspecified atom stereocenters. The van der Waals surface area contributed by atoms with Gasteiger partial charge in [-0.15, -0.1) is 0 Å². The molecule has 2 aromatic carbocycles. The summed E-state index contributed by atoms with van der Waals surface area (Å²) in [5, 5.41) is 9.32. The van der Waals surface area contributed by atoms with Crippen molar-refractivity contribution in [2.45, 2.75) is 13.1 Å². The monoisotopic (exact) mass is 296 g/mol. The lowest BCUT2D eigenvalue weighted by Crippen LogP contribution is -2.04. The number of phenolic OH excluding ortho intramolecular Hbond substituents is 1. The van der Waals surface area contributed by atoms with Crippen LogP contribution in [-0.2, 0) is 6.18 Å². The van der Waals surface area contributed by atoms with Crippen molar-refractivity contribution < 1.29 is 22.7 Å². The zero-order valence-electron chi connectivity index (χ0n) is 11.1. The second-order valence-electron chi connectivity index (χ2n) is 4.62. The van der Waals surface area contributed by atoms with Gasteiger partial charge in [-0.3, -0.25) is 0 Å². The van der Waals surface area contributed by atoms with E-state index in [2.05, 4.69) is 0 Å². The molecule has 0 fully saturated rings. The van der Waals surface area contributed by atoms with Gasteiger partial charge in [0.15, 0.2) is 11.6 Å². The molecule has 0 spiro atoms. The molecule has 0 saturated heterocycles. The maximum atomic E-state index is 13.4. The zero-order chi connectivity index (χ0) is 15.6. The number of hydrogen-bond acceptors (Lipinski definition) is 1. The van der Waals surface area contributed by atoms with Gasteiger partial charge in [-0.2, -0.15) is 13.2 Å². The molecule has 0 atom stereocenters. The minimum absolute atomic E-state index is 0.357. The summed E-state index contributed by atoms with van der Waals surface area (Å²) in [6, 6.07) is 7.50. The second-order valence-corrected chi connectivity index (χ2v) is 4.62. The summed E-state index contributed by atoms with van der Waals surface area (Å²) in [6.07, 6.45) is -1.45. The van der Waals surface area contributed by atoms with Crippen LogP contribution in [0.25, 0.3) is 12.2 Å². The molecular weight excluding hydrogens is 284 g/mol. The Morgan fingerprint density at radius 3 is 2.29 bits per heavy atom. The van der Waals surface area contributed by atoms with E-state index in [0.29, 0.717) is 16.7 Å². The van der Waals surface area contributed by atoms with Crippen molar-refractivity contribution in [1.82, 2.24) is 0 Å². The van der Waals surface area contributed by atoms with Crippen LogP contribution in [0.5, 0.6) is 5.75 Å². The molecule has 2 rings (SSSR count). The minimum Gasteiger partial charge on any atom is -0.505 e. The average Bonchev–Trinajstić information content (AvgIpc) is 2.42. The zero-order valence-corrected chi connectivity index (χ0v) is 11.1. The number of aryl methyl sites for hydroxylation is 1. The minimum atomic E-state index is -4.40. The van der Waals surface area contributed by atoms with Crippen molar-refractivity contribution >= 4 is 12.2 Å². The first-order valence-electron chi connectivity index (χ1n) is 6.12. The third-order valence-electron chi connectivity index (χ3n) is 2.96. The Kier molecular flexibility index (Phi) is 4.02. The first-order valence-corrected chi connectivity index (χ1v) is 6.12. The predicted molar refractivity (Wildman–Crippen MR) is 73.2 cm³/mol. The van der Waals surface area contributed by atoms with Gasteiger partial charge < -0.3 is 5.11 Å². The van der Waals surface area contributed by atoms with Crippen LogP contribution in [0.2, 0.25) is 0 Å². The Morgan fingerprint density at radius 2 is 1.67 bits per heavy atom. The van der Waals surface area contributed by atoms with Crippen LogP contribution in [0.3, 0.4) is 0 Å². The molecule has 0 aliphatic carbocycles. The van der Waals surface area contributed by atoms with Gasteiger partial charge in [-0.1, -0.05) is 24.3 Å². The fourth-order valence-electron chi connectivity index (χ4n) is 1.87. The van der Waals surface area contributed by atoms with E-state index in [-0.39, 0.29) is 0 Å². The Labute approximate surface area is 119 Å². The Balaban J connectivity index is 2.30. The van der Waals surface area contributed by atoms with E-state index in [1.807, 2.05) is 0 Å². The summed E-state index contributed by atoms with van der Waals surface area (Å²) in [7, 11) is 0. The van der Waals surface area contributed by atoms with Gasteiger partial charge in [-0.05, 0) is 47.9 Å². The Morgan fingerprint density at radius 1 is 1.00 bits per heavy atom. The van der Waals surface area contributed by atoms with E-state index in [9.17, 15) is 22.7 Å². The van der Waals surface area contributed by atoms with E-state index in [1.54, 1.807) is 13.0 Å². The lowest BCUT2D eigenvalue weighted by Gasteiger charge is -2.06. The highest BCUT2D eigenvalue weighted by Crippen LogP contribution is 2.30. The van der Waals surface area contributed by atoms with E-state index >= 15 is 0 Å². The Hall–Kier alpha value is -2.30. The average molecular weight is 296 g/mol. The van der Waals surface area contributed by atoms with Gasteiger partial charge in [0.1, 0.15) is 0 Å². The molecule has 0 aliphatic rings. The van der Waals surface area contributed by atoms with Crippen molar-refractivity contribution in [2.24, 2.45) is 0 Å². The van der Waals surface area contributed by atoms with Crippen LogP contribution in [0.15, 0.2) is 36.4 Å². The number of benzene rings is 2. The molecule has 0 saturated carbocycles. The van der Waals surface area contributed by atoms with Crippen LogP contribution >= 0.6 is 0 Å². The smallest absolute Gasteiger partial charge is 0.416 e. The molecule has 0 bridgehead atoms. The highest BCUT2D eigenvalue weighted by Gasteiger charge is 2.30. The molecule has 5 heteroatoms. The number of alkyl halides is 3. The van der Waals surface area contributed by atoms with E-state index in [0.717, 1.165) is 18.2 Å². The van der Waals surface area contributed by atoms with Crippen LogP contribution < -0.4 is 0 Å². The summed E-state index contributed by atoms with van der Waals surface area (Å²) in [6.45, 7) is 1.54. The van der Waals surface area contributed by atoms with Crippen LogP contribution in [-0.4, -0.2) is 5.11 Å². The summed E-state index contributed by atoms with van der Waals surface area (Å²) in [5.74, 6) is -1.19. The Bertz CT molecular complexity index is 664. The second kappa shape index (κ2) is 5.60. The quantitative estimate of drug-likeness (QED) is 0.609. The van der Waals surface area contributed by atoms with E-state index in [1.165, 1.54) is 24.3 Å². The van der Waals surface area contributed by atoms with Gasteiger partial charge in [0, 0.05) is 0 Å².